The van der Waals surface area contributed by atoms with E-state index in [2.05, 4.69) is 10.6 Å². The normalized spacial score (nSPS) is 14.5. The van der Waals surface area contributed by atoms with Crippen molar-refractivity contribution in [1.29, 1.82) is 0 Å². The van der Waals surface area contributed by atoms with Crippen LogP contribution in [0, 0.1) is 23.5 Å². The summed E-state index contributed by atoms with van der Waals surface area (Å²) in [5.41, 5.74) is -3.31. The summed E-state index contributed by atoms with van der Waals surface area (Å²) in [6.07, 6.45) is -0.0282. The summed E-state index contributed by atoms with van der Waals surface area (Å²) in [5, 5.41) is 5.50. The number of nitrogens with one attached hydrogen (secondary N) is 2. The molecule has 8 nitrogen and oxygen atoms in total. The van der Waals surface area contributed by atoms with Crippen molar-refractivity contribution in [3.05, 3.63) is 65.7 Å². The Hall–Kier alpha value is -3.12. The topological polar surface area (TPSA) is 111 Å². The minimum Gasteiger partial charge on any atom is -0.459 e. The van der Waals surface area contributed by atoms with Crippen molar-refractivity contribution in [3.63, 3.8) is 0 Å². The maximum atomic E-state index is 14.6. The lowest BCUT2D eigenvalue weighted by Gasteiger charge is -2.34. The van der Waals surface area contributed by atoms with Crippen LogP contribution >= 0.6 is 21.6 Å². The van der Waals surface area contributed by atoms with Gasteiger partial charge in [-0.1, -0.05) is 59.7 Å². The van der Waals surface area contributed by atoms with Crippen molar-refractivity contribution in [2.45, 2.75) is 103 Å². The van der Waals surface area contributed by atoms with Gasteiger partial charge >= 0.3 is 11.9 Å². The van der Waals surface area contributed by atoms with Crippen LogP contribution in [-0.2, 0) is 23.9 Å². The molecule has 2 N–H and O–H groups in total. The molecule has 0 saturated carbocycles. The Balaban J connectivity index is 2.48. The van der Waals surface area contributed by atoms with Gasteiger partial charge in [0.05, 0.1) is 10.5 Å². The van der Waals surface area contributed by atoms with E-state index >= 15 is 0 Å². The maximum Gasteiger partial charge on any atom is 0.329 e. The Labute approximate surface area is 278 Å². The van der Waals surface area contributed by atoms with Crippen LogP contribution < -0.4 is 10.6 Å². The first-order chi connectivity index (χ1) is 21.2. The van der Waals surface area contributed by atoms with Gasteiger partial charge < -0.3 is 20.1 Å². The molecule has 2 aromatic rings. The number of benzene rings is 2. The van der Waals surface area contributed by atoms with E-state index in [-0.39, 0.29) is 30.1 Å². The van der Waals surface area contributed by atoms with Gasteiger partial charge in [0.2, 0.25) is 5.91 Å². The average molecular weight is 681 g/mol. The van der Waals surface area contributed by atoms with E-state index in [1.165, 1.54) is 35.1 Å². The van der Waals surface area contributed by atoms with Gasteiger partial charge in [-0.3, -0.25) is 14.4 Å². The Morgan fingerprint density at radius 3 is 1.89 bits per heavy atom. The van der Waals surface area contributed by atoms with Gasteiger partial charge in [0.15, 0.2) is 0 Å². The van der Waals surface area contributed by atoms with Crippen molar-refractivity contribution in [2.24, 2.45) is 11.8 Å². The van der Waals surface area contributed by atoms with Crippen molar-refractivity contribution >= 4 is 45.3 Å². The van der Waals surface area contributed by atoms with Gasteiger partial charge in [0.1, 0.15) is 34.8 Å². The Morgan fingerprint density at radius 2 is 1.35 bits per heavy atom. The van der Waals surface area contributed by atoms with Gasteiger partial charge in [-0.25, -0.2) is 13.6 Å². The number of ether oxygens (including phenoxy) is 2. The molecular formula is C34H46F2N2O6S2. The van der Waals surface area contributed by atoms with Crippen LogP contribution in [0.2, 0.25) is 0 Å². The first-order valence-electron chi connectivity index (χ1n) is 15.1. The molecule has 3 atom stereocenters. The SMILES string of the molecule is CC(C)CC(NC(=O)C(CC(C)(CSSc1ccccc1F)NC(=O)c1ccccc1F)C(=O)OC(C)(C)C)C(=O)OC(C)(C)C. The highest BCUT2D eigenvalue weighted by Gasteiger charge is 2.41. The minimum atomic E-state index is -1.48. The molecule has 0 heterocycles. The highest BCUT2D eigenvalue weighted by atomic mass is 33.1. The first-order valence-corrected chi connectivity index (χ1v) is 17.4. The van der Waals surface area contributed by atoms with Crippen LogP contribution in [0.25, 0.3) is 0 Å². The van der Waals surface area contributed by atoms with E-state index in [9.17, 15) is 28.0 Å². The zero-order valence-corrected chi connectivity index (χ0v) is 29.6. The van der Waals surface area contributed by atoms with Crippen molar-refractivity contribution in [3.8, 4) is 0 Å². The van der Waals surface area contributed by atoms with Gasteiger partial charge in [0.25, 0.3) is 5.91 Å². The van der Waals surface area contributed by atoms with Gasteiger partial charge in [-0.15, -0.1) is 0 Å². The number of esters is 2. The first kappa shape index (κ1) is 39.1. The quantitative estimate of drug-likeness (QED) is 0.123. The third-order valence-electron chi connectivity index (χ3n) is 6.27. The summed E-state index contributed by atoms with van der Waals surface area (Å²) in [6.45, 7) is 15.5. The second-order valence-electron chi connectivity index (χ2n) is 13.8. The van der Waals surface area contributed by atoms with Crippen LogP contribution in [0.5, 0.6) is 0 Å². The maximum absolute atomic E-state index is 14.6. The van der Waals surface area contributed by atoms with Gasteiger partial charge in [0, 0.05) is 11.3 Å². The lowest BCUT2D eigenvalue weighted by atomic mass is 9.88. The fraction of sp³-hybridized carbons (Fsp3) is 0.529. The number of hydrogen-bond acceptors (Lipinski definition) is 8. The van der Waals surface area contributed by atoms with E-state index in [4.69, 9.17) is 9.47 Å². The second kappa shape index (κ2) is 16.6. The lowest BCUT2D eigenvalue weighted by molar-refractivity contribution is -0.166. The van der Waals surface area contributed by atoms with Gasteiger partial charge in [-0.2, -0.15) is 0 Å². The fourth-order valence-corrected chi connectivity index (χ4v) is 6.97. The zero-order valence-electron chi connectivity index (χ0n) is 28.0. The molecule has 12 heteroatoms. The molecule has 0 aliphatic heterocycles. The number of amides is 2. The predicted molar refractivity (Wildman–Crippen MR) is 178 cm³/mol. The van der Waals surface area contributed by atoms with Crippen LogP contribution in [0.4, 0.5) is 8.78 Å². The third kappa shape index (κ3) is 13.3. The highest BCUT2D eigenvalue weighted by Crippen LogP contribution is 2.37. The fourth-order valence-electron chi connectivity index (χ4n) is 4.31. The van der Waals surface area contributed by atoms with Crippen molar-refractivity contribution in [1.82, 2.24) is 10.6 Å². The summed E-state index contributed by atoms with van der Waals surface area (Å²) in [6, 6.07) is 10.6. The van der Waals surface area contributed by atoms with Crippen LogP contribution in [-0.4, -0.2) is 52.3 Å². The molecule has 2 rings (SSSR count). The average Bonchev–Trinajstić information content (AvgIpc) is 2.90. The van der Waals surface area contributed by atoms with E-state index < -0.39 is 64.1 Å². The van der Waals surface area contributed by atoms with Crippen molar-refractivity contribution < 1.29 is 37.4 Å². The standard InChI is InChI=1S/C34H46F2N2O6S2/c1-21(2)18-26(31(42)44-33(6,7)8)37-28(39)23(30(41)43-32(3,4)5)19-34(9,20-45-46-27-17-13-12-16-25(27)36)38-29(40)22-14-10-11-15-24(22)35/h10-17,21,23,26H,18-20H2,1-9H3,(H,37,39)(H,38,40). The highest BCUT2D eigenvalue weighted by molar-refractivity contribution is 8.76. The third-order valence-corrected chi connectivity index (χ3v) is 8.90. The Morgan fingerprint density at radius 1 is 0.804 bits per heavy atom. The van der Waals surface area contributed by atoms with E-state index in [0.29, 0.717) is 4.90 Å². The largest absolute Gasteiger partial charge is 0.459 e. The summed E-state index contributed by atoms with van der Waals surface area (Å²) < 4.78 is 40.1. The molecule has 46 heavy (non-hydrogen) atoms. The number of hydrogen-bond donors (Lipinski definition) is 2. The monoisotopic (exact) mass is 680 g/mol. The molecular weight excluding hydrogens is 635 g/mol. The molecule has 0 aliphatic carbocycles. The minimum absolute atomic E-state index is 0.00470. The molecule has 0 bridgehead atoms. The summed E-state index contributed by atoms with van der Waals surface area (Å²) in [7, 11) is 2.31. The summed E-state index contributed by atoms with van der Waals surface area (Å²) in [4.78, 5) is 54.3. The Bertz CT molecular complexity index is 1380. The number of carbonyl (C=O) groups is 4. The molecule has 254 valence electrons. The van der Waals surface area contributed by atoms with Crippen molar-refractivity contribution in [2.75, 3.05) is 5.75 Å². The van der Waals surface area contributed by atoms with E-state index in [0.717, 1.165) is 16.9 Å². The van der Waals surface area contributed by atoms with Crippen LogP contribution in [0.15, 0.2) is 53.4 Å². The van der Waals surface area contributed by atoms with Crippen LogP contribution in [0.3, 0.4) is 0 Å². The van der Waals surface area contributed by atoms with Crippen LogP contribution in [0.1, 0.15) is 85.5 Å². The molecule has 0 aliphatic rings. The number of carbonyl (C=O) groups excluding carboxylic acids is 4. The summed E-state index contributed by atoms with van der Waals surface area (Å²) >= 11 is 0. The van der Waals surface area contributed by atoms with E-state index in [1.54, 1.807) is 66.7 Å². The molecule has 0 fully saturated rings. The second-order valence-corrected chi connectivity index (χ2v) is 16.1. The number of rotatable bonds is 14. The summed E-state index contributed by atoms with van der Waals surface area (Å²) in [5.74, 6) is -5.64. The molecule has 0 radical (unpaired) electrons. The molecule has 2 aromatic carbocycles. The molecule has 3 unspecified atom stereocenters. The molecule has 0 spiro atoms. The molecule has 0 saturated heterocycles. The molecule has 2 amide bonds. The smallest absolute Gasteiger partial charge is 0.329 e. The Kier molecular flexibility index (Phi) is 14.1. The predicted octanol–water partition coefficient (Wildman–Crippen LogP) is 7.11. The number of halogens is 2. The van der Waals surface area contributed by atoms with E-state index in [1.807, 2.05) is 13.8 Å². The molecule has 0 aromatic heterocycles. The zero-order chi connectivity index (χ0) is 34.9. The van der Waals surface area contributed by atoms with Gasteiger partial charge in [-0.05, 0) is 91.5 Å². The lowest BCUT2D eigenvalue weighted by Crippen LogP contribution is -2.54.